The molecule has 0 unspecified atom stereocenters. The molecule has 1 aromatic rings. The predicted octanol–water partition coefficient (Wildman–Crippen LogP) is 5.98. The maximum atomic E-state index is 2.51. The standard InChI is InChI=1S/C17H28SSi/c1-15(2)18-17(13-14-19(3,4)5)12-11-16-9-7-6-8-10-16/h6-10,13,15H,11-12,14H2,1-5H3/b17-13-. The van der Waals surface area contributed by atoms with Crippen molar-refractivity contribution >= 4 is 19.8 Å². The maximum absolute atomic E-state index is 2.51. The molecule has 0 heterocycles. The Morgan fingerprint density at radius 3 is 2.32 bits per heavy atom. The van der Waals surface area contributed by atoms with Gasteiger partial charge in [-0.3, -0.25) is 0 Å². The van der Waals surface area contributed by atoms with Crippen LogP contribution in [0.25, 0.3) is 0 Å². The summed E-state index contributed by atoms with van der Waals surface area (Å²) in [6.07, 6.45) is 4.87. The zero-order valence-corrected chi connectivity index (χ0v) is 14.9. The Hall–Kier alpha value is -0.473. The lowest BCUT2D eigenvalue weighted by Crippen LogP contribution is -2.17. The van der Waals surface area contributed by atoms with E-state index in [1.54, 1.807) is 4.91 Å². The van der Waals surface area contributed by atoms with E-state index >= 15 is 0 Å². The summed E-state index contributed by atoms with van der Waals surface area (Å²) >= 11 is 2.04. The van der Waals surface area contributed by atoms with Crippen LogP contribution in [0.2, 0.25) is 25.7 Å². The maximum Gasteiger partial charge on any atom is 0.0480 e. The van der Waals surface area contributed by atoms with E-state index in [2.05, 4.69) is 69.9 Å². The Morgan fingerprint density at radius 2 is 1.79 bits per heavy atom. The first-order valence-electron chi connectivity index (χ1n) is 7.26. The molecule has 0 spiro atoms. The Morgan fingerprint density at radius 1 is 1.16 bits per heavy atom. The van der Waals surface area contributed by atoms with Gasteiger partial charge in [-0.2, -0.15) is 0 Å². The molecule has 2 heteroatoms. The summed E-state index contributed by atoms with van der Waals surface area (Å²) in [6, 6.07) is 12.1. The molecule has 106 valence electrons. The van der Waals surface area contributed by atoms with Crippen LogP contribution in [0.3, 0.4) is 0 Å². The Kier molecular flexibility index (Phi) is 6.94. The molecule has 0 amide bonds. The van der Waals surface area contributed by atoms with Gasteiger partial charge in [0.1, 0.15) is 0 Å². The van der Waals surface area contributed by atoms with E-state index in [4.69, 9.17) is 0 Å². The van der Waals surface area contributed by atoms with Gasteiger partial charge in [0.05, 0.1) is 0 Å². The van der Waals surface area contributed by atoms with Crippen LogP contribution in [-0.2, 0) is 6.42 Å². The minimum Gasteiger partial charge on any atom is -0.128 e. The van der Waals surface area contributed by atoms with Gasteiger partial charge in [-0.05, 0) is 29.4 Å². The molecule has 0 atom stereocenters. The van der Waals surface area contributed by atoms with E-state index < -0.39 is 8.07 Å². The molecule has 0 aromatic heterocycles. The monoisotopic (exact) mass is 292 g/mol. The van der Waals surface area contributed by atoms with Gasteiger partial charge >= 0.3 is 0 Å². The fourth-order valence-corrected chi connectivity index (χ4v) is 3.86. The Balaban J connectivity index is 2.59. The van der Waals surface area contributed by atoms with Crippen molar-refractivity contribution in [2.45, 2.75) is 57.6 Å². The molecule has 0 nitrogen and oxygen atoms in total. The van der Waals surface area contributed by atoms with E-state index in [-0.39, 0.29) is 0 Å². The fraction of sp³-hybridized carbons (Fsp3) is 0.529. The molecule has 0 aliphatic rings. The molecule has 0 aliphatic carbocycles. The van der Waals surface area contributed by atoms with Gasteiger partial charge in [0, 0.05) is 13.3 Å². The van der Waals surface area contributed by atoms with Crippen LogP contribution >= 0.6 is 11.8 Å². The third kappa shape index (κ3) is 8.33. The number of hydrogen-bond acceptors (Lipinski definition) is 1. The summed E-state index contributed by atoms with van der Waals surface area (Å²) in [4.78, 5) is 1.58. The van der Waals surface area contributed by atoms with Crippen LogP contribution in [0.4, 0.5) is 0 Å². The quantitative estimate of drug-likeness (QED) is 0.557. The van der Waals surface area contributed by atoms with Crippen LogP contribution in [0, 0.1) is 0 Å². The first-order chi connectivity index (χ1) is 8.87. The number of aryl methyl sites for hydroxylation is 1. The third-order valence-electron chi connectivity index (χ3n) is 2.83. The van der Waals surface area contributed by atoms with Crippen molar-refractivity contribution in [2.24, 2.45) is 0 Å². The van der Waals surface area contributed by atoms with Crippen molar-refractivity contribution in [3.8, 4) is 0 Å². The van der Waals surface area contributed by atoms with Gasteiger partial charge in [-0.25, -0.2) is 0 Å². The molecule has 1 rings (SSSR count). The van der Waals surface area contributed by atoms with E-state index in [9.17, 15) is 0 Å². The lowest BCUT2D eigenvalue weighted by atomic mass is 10.1. The highest BCUT2D eigenvalue weighted by atomic mass is 32.2. The van der Waals surface area contributed by atoms with E-state index in [1.165, 1.54) is 18.0 Å². The average Bonchev–Trinajstić information content (AvgIpc) is 2.32. The van der Waals surface area contributed by atoms with Crippen LogP contribution < -0.4 is 0 Å². The molecule has 0 aliphatic heterocycles. The Labute approximate surface area is 124 Å². The van der Waals surface area contributed by atoms with Crippen molar-refractivity contribution in [1.82, 2.24) is 0 Å². The molecule has 19 heavy (non-hydrogen) atoms. The summed E-state index contributed by atoms with van der Waals surface area (Å²) in [6.45, 7) is 11.9. The second-order valence-electron chi connectivity index (χ2n) is 6.59. The van der Waals surface area contributed by atoms with E-state index in [0.717, 1.165) is 6.42 Å². The first kappa shape index (κ1) is 16.6. The van der Waals surface area contributed by atoms with Crippen molar-refractivity contribution in [1.29, 1.82) is 0 Å². The molecule has 0 fully saturated rings. The minimum atomic E-state index is -0.969. The first-order valence-corrected chi connectivity index (χ1v) is 11.8. The molecule has 0 saturated heterocycles. The van der Waals surface area contributed by atoms with Gasteiger partial charge in [-0.1, -0.05) is 69.9 Å². The average molecular weight is 293 g/mol. The van der Waals surface area contributed by atoms with Crippen molar-refractivity contribution in [3.63, 3.8) is 0 Å². The minimum absolute atomic E-state index is 0.684. The zero-order chi connectivity index (χ0) is 14.3. The highest BCUT2D eigenvalue weighted by molar-refractivity contribution is 8.03. The molecule has 0 radical (unpaired) electrons. The van der Waals surface area contributed by atoms with Crippen LogP contribution in [0.1, 0.15) is 25.8 Å². The summed E-state index contributed by atoms with van der Waals surface area (Å²) in [5.41, 5.74) is 1.45. The van der Waals surface area contributed by atoms with Crippen LogP contribution in [0.5, 0.6) is 0 Å². The van der Waals surface area contributed by atoms with Gasteiger partial charge in [0.25, 0.3) is 0 Å². The van der Waals surface area contributed by atoms with Gasteiger partial charge in [0.15, 0.2) is 0 Å². The normalized spacial score (nSPS) is 13.1. The molecular formula is C17H28SSi. The second kappa shape index (κ2) is 7.96. The second-order valence-corrected chi connectivity index (χ2v) is 13.8. The predicted molar refractivity (Wildman–Crippen MR) is 93.7 cm³/mol. The number of thioether (sulfide) groups is 1. The lowest BCUT2D eigenvalue weighted by molar-refractivity contribution is 0.981. The number of hydrogen-bond donors (Lipinski definition) is 0. The summed E-state index contributed by atoms with van der Waals surface area (Å²) < 4.78 is 0. The highest BCUT2D eigenvalue weighted by Crippen LogP contribution is 2.27. The molecule has 0 bridgehead atoms. The van der Waals surface area contributed by atoms with E-state index in [0.29, 0.717) is 5.25 Å². The molecular weight excluding hydrogens is 264 g/mol. The summed E-state index contributed by atoms with van der Waals surface area (Å²) in [7, 11) is -0.969. The van der Waals surface area contributed by atoms with Crippen molar-refractivity contribution in [3.05, 3.63) is 46.9 Å². The van der Waals surface area contributed by atoms with Crippen LogP contribution in [0.15, 0.2) is 41.3 Å². The van der Waals surface area contributed by atoms with Crippen molar-refractivity contribution in [2.75, 3.05) is 0 Å². The van der Waals surface area contributed by atoms with Gasteiger partial charge in [-0.15, -0.1) is 11.8 Å². The highest BCUT2D eigenvalue weighted by Gasteiger charge is 2.12. The largest absolute Gasteiger partial charge is 0.128 e. The summed E-state index contributed by atoms with van der Waals surface area (Å²) in [5, 5.41) is 0.684. The molecule has 0 N–H and O–H groups in total. The zero-order valence-electron chi connectivity index (χ0n) is 13.1. The molecule has 0 saturated carbocycles. The summed E-state index contributed by atoms with van der Waals surface area (Å²) in [5.74, 6) is 0. The number of rotatable bonds is 7. The fourth-order valence-electron chi connectivity index (χ4n) is 1.84. The van der Waals surface area contributed by atoms with E-state index in [1.807, 2.05) is 11.8 Å². The van der Waals surface area contributed by atoms with Crippen molar-refractivity contribution < 1.29 is 0 Å². The smallest absolute Gasteiger partial charge is 0.0480 e. The lowest BCUT2D eigenvalue weighted by Gasteiger charge is -2.15. The van der Waals surface area contributed by atoms with Gasteiger partial charge in [0.2, 0.25) is 0 Å². The SMILES string of the molecule is CC(C)S/C(=C\C[Si](C)(C)C)CCc1ccccc1. The number of benzene rings is 1. The topological polar surface area (TPSA) is 0 Å². The van der Waals surface area contributed by atoms with Gasteiger partial charge < -0.3 is 0 Å². The Bertz CT molecular complexity index is 387. The molecule has 1 aromatic carbocycles. The third-order valence-corrected chi connectivity index (χ3v) is 5.41. The van der Waals surface area contributed by atoms with Crippen LogP contribution in [-0.4, -0.2) is 13.3 Å². The number of allylic oxidation sites excluding steroid dienone is 2.